The molecule has 28 heavy (non-hydrogen) atoms. The maximum absolute atomic E-state index is 12.9. The Labute approximate surface area is 171 Å². The van der Waals surface area contributed by atoms with Gasteiger partial charge in [-0.1, -0.05) is 18.6 Å². The number of aryl methyl sites for hydroxylation is 1. The molecule has 1 fully saturated rings. The van der Waals surface area contributed by atoms with Gasteiger partial charge >= 0.3 is 0 Å². The Hall–Kier alpha value is -1.90. The van der Waals surface area contributed by atoms with E-state index in [1.165, 1.54) is 9.75 Å². The number of guanidine groups is 1. The van der Waals surface area contributed by atoms with Gasteiger partial charge in [-0.2, -0.15) is 4.31 Å². The maximum Gasteiger partial charge on any atom is 0.243 e. The fraction of sp³-hybridized carbons (Fsp3) is 0.450. The van der Waals surface area contributed by atoms with Crippen molar-refractivity contribution in [1.82, 2.24) is 14.9 Å². The van der Waals surface area contributed by atoms with Crippen molar-refractivity contribution in [1.29, 1.82) is 0 Å². The molecule has 0 atom stereocenters. The van der Waals surface area contributed by atoms with E-state index in [-0.39, 0.29) is 0 Å². The quantitative estimate of drug-likeness (QED) is 0.556. The summed E-state index contributed by atoms with van der Waals surface area (Å²) >= 11 is 1.76. The number of piperidine rings is 1. The van der Waals surface area contributed by atoms with Crippen molar-refractivity contribution in [3.8, 4) is 0 Å². The van der Waals surface area contributed by atoms with Crippen molar-refractivity contribution >= 4 is 27.3 Å². The van der Waals surface area contributed by atoms with Crippen molar-refractivity contribution in [2.24, 2.45) is 4.99 Å². The first-order valence-corrected chi connectivity index (χ1v) is 11.8. The smallest absolute Gasteiger partial charge is 0.243 e. The molecular formula is C20H28N4O2S2. The van der Waals surface area contributed by atoms with Crippen LogP contribution in [0.4, 0.5) is 0 Å². The number of rotatable bonds is 6. The Morgan fingerprint density at radius 3 is 2.54 bits per heavy atom. The predicted octanol–water partition coefficient (Wildman–Crippen LogP) is 3.10. The molecule has 0 bridgehead atoms. The number of sulfonamides is 1. The minimum atomic E-state index is -3.41. The van der Waals surface area contributed by atoms with Gasteiger partial charge in [-0.15, -0.1) is 11.3 Å². The molecule has 0 saturated carbocycles. The lowest BCUT2D eigenvalue weighted by molar-refractivity contribution is 0.346. The summed E-state index contributed by atoms with van der Waals surface area (Å²) in [6.07, 6.45) is 2.98. The van der Waals surface area contributed by atoms with Gasteiger partial charge in [0.15, 0.2) is 5.96 Å². The predicted molar refractivity (Wildman–Crippen MR) is 115 cm³/mol. The molecule has 0 spiro atoms. The topological polar surface area (TPSA) is 73.8 Å². The summed E-state index contributed by atoms with van der Waals surface area (Å²) in [5.74, 6) is 0.690. The average Bonchev–Trinajstić information content (AvgIpc) is 3.14. The molecule has 1 aromatic heterocycles. The number of benzene rings is 1. The van der Waals surface area contributed by atoms with E-state index in [0.29, 0.717) is 37.0 Å². The third kappa shape index (κ3) is 5.33. The van der Waals surface area contributed by atoms with E-state index >= 15 is 0 Å². The summed E-state index contributed by atoms with van der Waals surface area (Å²) < 4.78 is 27.3. The van der Waals surface area contributed by atoms with Gasteiger partial charge in [0.25, 0.3) is 0 Å². The zero-order valence-electron chi connectivity index (χ0n) is 16.4. The molecule has 0 amide bonds. The molecule has 1 aliphatic rings. The highest BCUT2D eigenvalue weighted by molar-refractivity contribution is 7.89. The van der Waals surface area contributed by atoms with Crippen molar-refractivity contribution in [2.45, 2.75) is 44.2 Å². The van der Waals surface area contributed by atoms with E-state index in [9.17, 15) is 8.42 Å². The maximum atomic E-state index is 12.9. The molecule has 1 aliphatic heterocycles. The molecule has 152 valence electrons. The normalized spacial score (nSPS) is 16.1. The van der Waals surface area contributed by atoms with Crippen molar-refractivity contribution < 1.29 is 8.42 Å². The van der Waals surface area contributed by atoms with Crippen LogP contribution >= 0.6 is 11.3 Å². The average molecular weight is 421 g/mol. The summed E-state index contributed by atoms with van der Waals surface area (Å²) in [5.41, 5.74) is 0.910. The number of aliphatic imine (C=N–C) groups is 1. The van der Waals surface area contributed by atoms with Gasteiger partial charge in [0.1, 0.15) is 0 Å². The third-order valence-electron chi connectivity index (χ3n) is 4.76. The van der Waals surface area contributed by atoms with Gasteiger partial charge in [0.2, 0.25) is 10.0 Å². The minimum absolute atomic E-state index is 0.366. The van der Waals surface area contributed by atoms with Crippen LogP contribution in [0.25, 0.3) is 0 Å². The van der Waals surface area contributed by atoms with Crippen molar-refractivity contribution in [3.63, 3.8) is 0 Å². The van der Waals surface area contributed by atoms with Crippen LogP contribution in [0, 0.1) is 6.92 Å². The van der Waals surface area contributed by atoms with Gasteiger partial charge in [-0.25, -0.2) is 8.42 Å². The van der Waals surface area contributed by atoms with Gasteiger partial charge in [0, 0.05) is 36.4 Å². The highest BCUT2D eigenvalue weighted by Crippen LogP contribution is 2.21. The zero-order valence-corrected chi connectivity index (χ0v) is 18.1. The van der Waals surface area contributed by atoms with Gasteiger partial charge < -0.3 is 10.6 Å². The van der Waals surface area contributed by atoms with E-state index in [2.05, 4.69) is 34.7 Å². The van der Waals surface area contributed by atoms with Crippen LogP contribution in [-0.2, 0) is 23.1 Å². The summed E-state index contributed by atoms with van der Waals surface area (Å²) in [5, 5.41) is 6.54. The van der Waals surface area contributed by atoms with Crippen LogP contribution in [0.3, 0.4) is 0 Å². The second-order valence-electron chi connectivity index (χ2n) is 6.90. The Morgan fingerprint density at radius 1 is 1.11 bits per heavy atom. The first-order valence-electron chi connectivity index (χ1n) is 9.58. The summed E-state index contributed by atoms with van der Waals surface area (Å²) in [6, 6.07) is 11.4. The lowest BCUT2D eigenvalue weighted by Crippen LogP contribution is -2.36. The molecule has 1 aromatic carbocycles. The molecule has 6 nitrogen and oxygen atoms in total. The first kappa shape index (κ1) is 20.8. The van der Waals surface area contributed by atoms with Gasteiger partial charge in [-0.3, -0.25) is 4.99 Å². The number of hydrogen-bond acceptors (Lipinski definition) is 4. The van der Waals surface area contributed by atoms with Gasteiger partial charge in [-0.05, 0) is 49.6 Å². The van der Waals surface area contributed by atoms with Crippen LogP contribution < -0.4 is 10.6 Å². The van der Waals surface area contributed by atoms with E-state index in [4.69, 9.17) is 0 Å². The van der Waals surface area contributed by atoms with E-state index in [1.54, 1.807) is 40.9 Å². The second kappa shape index (κ2) is 9.54. The largest absolute Gasteiger partial charge is 0.352 e. The van der Waals surface area contributed by atoms with Crippen LogP contribution in [0.1, 0.15) is 34.6 Å². The SMILES string of the molecule is CN=C(NCc1cccc(S(=O)(=O)N2CCCCC2)c1)NCc1ccc(C)s1. The molecular weight excluding hydrogens is 392 g/mol. The van der Waals surface area contributed by atoms with Crippen LogP contribution in [-0.4, -0.2) is 38.8 Å². The molecule has 1 saturated heterocycles. The lowest BCUT2D eigenvalue weighted by atomic mass is 10.2. The number of hydrogen-bond donors (Lipinski definition) is 2. The Morgan fingerprint density at radius 2 is 1.86 bits per heavy atom. The second-order valence-corrected chi connectivity index (χ2v) is 10.2. The van der Waals surface area contributed by atoms with E-state index < -0.39 is 10.0 Å². The molecule has 0 unspecified atom stereocenters. The molecule has 0 radical (unpaired) electrons. The molecule has 3 rings (SSSR count). The fourth-order valence-corrected chi connectivity index (χ4v) is 5.65. The Kier molecular flexibility index (Phi) is 7.09. The minimum Gasteiger partial charge on any atom is -0.352 e. The number of nitrogens with zero attached hydrogens (tertiary/aromatic N) is 2. The third-order valence-corrected chi connectivity index (χ3v) is 7.66. The molecule has 2 heterocycles. The zero-order chi connectivity index (χ0) is 20.0. The van der Waals surface area contributed by atoms with E-state index in [0.717, 1.165) is 24.8 Å². The molecule has 8 heteroatoms. The highest BCUT2D eigenvalue weighted by Gasteiger charge is 2.25. The first-order chi connectivity index (χ1) is 13.5. The number of thiophene rings is 1. The van der Waals surface area contributed by atoms with Crippen LogP contribution in [0.2, 0.25) is 0 Å². The monoisotopic (exact) mass is 420 g/mol. The van der Waals surface area contributed by atoms with Crippen molar-refractivity contribution in [2.75, 3.05) is 20.1 Å². The van der Waals surface area contributed by atoms with E-state index in [1.807, 2.05) is 6.07 Å². The van der Waals surface area contributed by atoms with Crippen LogP contribution in [0.5, 0.6) is 0 Å². The van der Waals surface area contributed by atoms with Crippen LogP contribution in [0.15, 0.2) is 46.3 Å². The standard InChI is InChI=1S/C20H28N4O2S2/c1-16-9-10-18(27-16)15-23-20(21-2)22-14-17-7-6-8-19(13-17)28(25,26)24-11-4-3-5-12-24/h6-10,13H,3-5,11-12,14-15H2,1-2H3,(H2,21,22,23). The molecule has 0 aliphatic carbocycles. The highest BCUT2D eigenvalue weighted by atomic mass is 32.2. The summed E-state index contributed by atoms with van der Waals surface area (Å²) in [6.45, 7) is 4.54. The Balaban J connectivity index is 1.60. The Bertz CT molecular complexity index is 916. The summed E-state index contributed by atoms with van der Waals surface area (Å²) in [4.78, 5) is 7.14. The fourth-order valence-electron chi connectivity index (χ4n) is 3.23. The lowest BCUT2D eigenvalue weighted by Gasteiger charge is -2.26. The van der Waals surface area contributed by atoms with Crippen molar-refractivity contribution in [3.05, 3.63) is 51.7 Å². The molecule has 2 aromatic rings. The van der Waals surface area contributed by atoms with Gasteiger partial charge in [0.05, 0.1) is 11.4 Å². The summed E-state index contributed by atoms with van der Waals surface area (Å²) in [7, 11) is -1.68. The molecule has 2 N–H and O–H groups in total. The number of nitrogens with one attached hydrogen (secondary N) is 2.